The van der Waals surface area contributed by atoms with Crippen LogP contribution in [0.2, 0.25) is 0 Å². The third-order valence-electron chi connectivity index (χ3n) is 3.40. The number of benzene rings is 2. The molecule has 3 rings (SSSR count). The van der Waals surface area contributed by atoms with E-state index in [1.54, 1.807) is 0 Å². The van der Waals surface area contributed by atoms with Gasteiger partial charge in [-0.15, -0.1) is 0 Å². The van der Waals surface area contributed by atoms with Gasteiger partial charge in [-0.3, -0.25) is 4.79 Å². The molecule has 0 spiro atoms. The summed E-state index contributed by atoms with van der Waals surface area (Å²) >= 11 is 6.26. The van der Waals surface area contributed by atoms with Gasteiger partial charge in [-0.2, -0.15) is 0 Å². The number of amides is 1. The molecule has 0 radical (unpaired) electrons. The van der Waals surface area contributed by atoms with E-state index in [2.05, 4.69) is 5.32 Å². The molecule has 2 aromatic carbocycles. The van der Waals surface area contributed by atoms with E-state index in [4.69, 9.17) is 17.0 Å². The molecule has 116 valence electrons. The summed E-state index contributed by atoms with van der Waals surface area (Å²) in [6.45, 7) is 2.02. The molecule has 1 atom stereocenters. The Morgan fingerprint density at radius 2 is 1.83 bits per heavy atom. The van der Waals surface area contributed by atoms with E-state index in [0.717, 1.165) is 16.9 Å². The van der Waals surface area contributed by atoms with Gasteiger partial charge in [0.1, 0.15) is 16.2 Å². The lowest BCUT2D eigenvalue weighted by Gasteiger charge is -2.15. The molecule has 1 heterocycles. The number of nitrogens with one attached hydrogen (secondary N) is 1. The van der Waals surface area contributed by atoms with Gasteiger partial charge in [0.05, 0.1) is 4.91 Å². The molecule has 0 saturated carbocycles. The van der Waals surface area contributed by atoms with Gasteiger partial charge < -0.3 is 10.1 Å². The lowest BCUT2D eigenvalue weighted by Crippen LogP contribution is -2.17. The number of carbonyl (C=O) groups is 1. The number of hydrogen-bond donors (Lipinski definition) is 1. The van der Waals surface area contributed by atoms with Crippen molar-refractivity contribution >= 4 is 40.3 Å². The molecular formula is C18H15NO2S2. The average molecular weight is 341 g/mol. The fourth-order valence-electron chi connectivity index (χ4n) is 2.21. The molecule has 2 aromatic rings. The van der Waals surface area contributed by atoms with E-state index in [9.17, 15) is 4.79 Å². The van der Waals surface area contributed by atoms with Crippen molar-refractivity contribution in [2.45, 2.75) is 13.0 Å². The maximum atomic E-state index is 11.6. The average Bonchev–Trinajstić information content (AvgIpc) is 2.87. The molecule has 0 aliphatic carbocycles. The third-order valence-corrected chi connectivity index (χ3v) is 4.56. The predicted molar refractivity (Wildman–Crippen MR) is 98.2 cm³/mol. The largest absolute Gasteiger partial charge is 0.486 e. The molecule has 5 heteroatoms. The molecule has 0 aromatic heterocycles. The van der Waals surface area contributed by atoms with Crippen molar-refractivity contribution in [3.05, 3.63) is 70.6 Å². The zero-order chi connectivity index (χ0) is 16.2. The Labute approximate surface area is 144 Å². The van der Waals surface area contributed by atoms with Crippen molar-refractivity contribution in [3.8, 4) is 5.75 Å². The molecule has 1 aliphatic rings. The molecule has 1 saturated heterocycles. The van der Waals surface area contributed by atoms with E-state index in [1.807, 2.05) is 67.6 Å². The van der Waals surface area contributed by atoms with Gasteiger partial charge in [0, 0.05) is 0 Å². The Hall–Kier alpha value is -2.11. The summed E-state index contributed by atoms with van der Waals surface area (Å²) in [7, 11) is 0. The maximum Gasteiger partial charge on any atom is 0.263 e. The standard InChI is InChI=1S/C18H15NO2S2/c1-12(14-5-3-2-4-6-14)21-15-9-7-13(8-10-15)11-16-17(20)19-18(22)23-16/h2-12H,1H3,(H,19,20,22)/b16-11+/t12-/m0/s1. The van der Waals surface area contributed by atoms with Crippen molar-refractivity contribution in [1.29, 1.82) is 0 Å². The zero-order valence-corrected chi connectivity index (χ0v) is 14.1. The van der Waals surface area contributed by atoms with Crippen molar-refractivity contribution < 1.29 is 9.53 Å². The van der Waals surface area contributed by atoms with Crippen LogP contribution in [-0.2, 0) is 4.79 Å². The van der Waals surface area contributed by atoms with Crippen LogP contribution in [0.15, 0.2) is 59.5 Å². The van der Waals surface area contributed by atoms with Crippen molar-refractivity contribution in [2.75, 3.05) is 0 Å². The number of hydrogen-bond acceptors (Lipinski definition) is 4. The second-order valence-corrected chi connectivity index (χ2v) is 6.81. The van der Waals surface area contributed by atoms with Gasteiger partial charge >= 0.3 is 0 Å². The summed E-state index contributed by atoms with van der Waals surface area (Å²) in [4.78, 5) is 12.3. The summed E-state index contributed by atoms with van der Waals surface area (Å²) in [5.41, 5.74) is 2.07. The fraction of sp³-hybridized carbons (Fsp3) is 0.111. The molecule has 1 aliphatic heterocycles. The minimum Gasteiger partial charge on any atom is -0.486 e. The highest BCUT2D eigenvalue weighted by atomic mass is 32.2. The number of carbonyl (C=O) groups excluding carboxylic acids is 1. The summed E-state index contributed by atoms with van der Waals surface area (Å²) in [5, 5.41) is 2.61. The second-order valence-electron chi connectivity index (χ2n) is 5.09. The van der Waals surface area contributed by atoms with Gasteiger partial charge in [0.2, 0.25) is 0 Å². The molecular weight excluding hydrogens is 326 g/mol. The highest BCUT2D eigenvalue weighted by Crippen LogP contribution is 2.27. The first-order chi connectivity index (χ1) is 11.1. The topological polar surface area (TPSA) is 38.3 Å². The van der Waals surface area contributed by atoms with E-state index < -0.39 is 0 Å². The van der Waals surface area contributed by atoms with Crippen LogP contribution >= 0.6 is 24.0 Å². The first-order valence-corrected chi connectivity index (χ1v) is 8.41. The highest BCUT2D eigenvalue weighted by Gasteiger charge is 2.21. The molecule has 23 heavy (non-hydrogen) atoms. The van der Waals surface area contributed by atoms with Crippen molar-refractivity contribution in [1.82, 2.24) is 5.32 Å². The van der Waals surface area contributed by atoms with Crippen LogP contribution in [-0.4, -0.2) is 10.2 Å². The SMILES string of the molecule is C[C@H](Oc1ccc(/C=C2/SC(=S)NC2=O)cc1)c1ccccc1. The second kappa shape index (κ2) is 6.98. The quantitative estimate of drug-likeness (QED) is 0.664. The number of rotatable bonds is 4. The predicted octanol–water partition coefficient (Wildman–Crippen LogP) is 4.32. The van der Waals surface area contributed by atoms with Crippen LogP contribution in [0, 0.1) is 0 Å². The summed E-state index contributed by atoms with van der Waals surface area (Å²) in [6, 6.07) is 17.7. The normalized spacial score (nSPS) is 17.2. The summed E-state index contributed by atoms with van der Waals surface area (Å²) in [5.74, 6) is 0.653. The molecule has 3 nitrogen and oxygen atoms in total. The van der Waals surface area contributed by atoms with E-state index in [-0.39, 0.29) is 12.0 Å². The smallest absolute Gasteiger partial charge is 0.263 e. The molecule has 0 unspecified atom stereocenters. The number of thioether (sulfide) groups is 1. The minimum atomic E-state index is -0.141. The third kappa shape index (κ3) is 4.00. The summed E-state index contributed by atoms with van der Waals surface area (Å²) in [6.07, 6.45) is 1.80. The van der Waals surface area contributed by atoms with E-state index in [1.165, 1.54) is 11.8 Å². The lowest BCUT2D eigenvalue weighted by molar-refractivity contribution is -0.115. The highest BCUT2D eigenvalue weighted by molar-refractivity contribution is 8.26. The van der Waals surface area contributed by atoms with Crippen LogP contribution in [0.5, 0.6) is 5.75 Å². The Kier molecular flexibility index (Phi) is 4.79. The van der Waals surface area contributed by atoms with Crippen LogP contribution in [0.25, 0.3) is 6.08 Å². The van der Waals surface area contributed by atoms with Crippen LogP contribution in [0.1, 0.15) is 24.2 Å². The van der Waals surface area contributed by atoms with Gasteiger partial charge in [-0.1, -0.05) is 66.4 Å². The molecule has 1 fully saturated rings. The Morgan fingerprint density at radius 1 is 1.13 bits per heavy atom. The fourth-order valence-corrected chi connectivity index (χ4v) is 3.26. The van der Waals surface area contributed by atoms with E-state index in [0.29, 0.717) is 9.23 Å². The monoisotopic (exact) mass is 341 g/mol. The molecule has 1 amide bonds. The van der Waals surface area contributed by atoms with Gasteiger partial charge in [0.15, 0.2) is 0 Å². The van der Waals surface area contributed by atoms with Crippen LogP contribution in [0.4, 0.5) is 0 Å². The van der Waals surface area contributed by atoms with Crippen LogP contribution < -0.4 is 10.1 Å². The van der Waals surface area contributed by atoms with Gasteiger partial charge in [-0.25, -0.2) is 0 Å². The lowest BCUT2D eigenvalue weighted by atomic mass is 10.1. The Bertz CT molecular complexity index is 754. The first kappa shape index (κ1) is 15.8. The van der Waals surface area contributed by atoms with Gasteiger partial charge in [0.25, 0.3) is 5.91 Å². The summed E-state index contributed by atoms with van der Waals surface area (Å²) < 4.78 is 6.44. The van der Waals surface area contributed by atoms with E-state index >= 15 is 0 Å². The van der Waals surface area contributed by atoms with Crippen LogP contribution in [0.3, 0.4) is 0 Å². The Balaban J connectivity index is 1.69. The first-order valence-electron chi connectivity index (χ1n) is 7.18. The maximum absolute atomic E-state index is 11.6. The Morgan fingerprint density at radius 3 is 2.43 bits per heavy atom. The molecule has 0 bridgehead atoms. The number of ether oxygens (including phenoxy) is 1. The van der Waals surface area contributed by atoms with Gasteiger partial charge in [-0.05, 0) is 36.3 Å². The van der Waals surface area contributed by atoms with Crippen molar-refractivity contribution in [2.24, 2.45) is 0 Å². The van der Waals surface area contributed by atoms with Crippen molar-refractivity contribution in [3.63, 3.8) is 0 Å². The molecule has 1 N–H and O–H groups in total. The minimum absolute atomic E-state index is 0.0195. The zero-order valence-electron chi connectivity index (χ0n) is 12.5. The number of thiocarbonyl (C=S) groups is 1.